The molecule has 6 nitrogen and oxygen atoms in total. The van der Waals surface area contributed by atoms with Crippen LogP contribution < -0.4 is 16.7 Å². The highest BCUT2D eigenvalue weighted by atomic mass is 16.2. The number of nitrogens with one attached hydrogen (secondary N) is 1. The van der Waals surface area contributed by atoms with Gasteiger partial charge in [0.15, 0.2) is 0 Å². The Kier molecular flexibility index (Phi) is 4.62. The van der Waals surface area contributed by atoms with Gasteiger partial charge >= 0.3 is 5.69 Å². The molecule has 0 bridgehead atoms. The molecule has 1 aromatic carbocycles. The molecule has 0 aliphatic heterocycles. The first kappa shape index (κ1) is 14.0. The Labute approximate surface area is 116 Å². The number of anilines is 1. The van der Waals surface area contributed by atoms with E-state index in [1.165, 1.54) is 10.8 Å². The van der Waals surface area contributed by atoms with E-state index in [0.717, 1.165) is 5.56 Å². The second-order valence-electron chi connectivity index (χ2n) is 4.26. The number of hydrogen-bond acceptors (Lipinski definition) is 4. The molecular formula is C14H16N4O2. The van der Waals surface area contributed by atoms with E-state index in [0.29, 0.717) is 18.8 Å². The van der Waals surface area contributed by atoms with Gasteiger partial charge in [-0.05, 0) is 17.7 Å². The van der Waals surface area contributed by atoms with Crippen LogP contribution in [0.15, 0.2) is 47.5 Å². The fourth-order valence-electron chi connectivity index (χ4n) is 1.81. The topological polar surface area (TPSA) is 90.0 Å². The summed E-state index contributed by atoms with van der Waals surface area (Å²) in [5.74, 6) is -0.165. The van der Waals surface area contributed by atoms with Crippen molar-refractivity contribution in [1.29, 1.82) is 0 Å². The third kappa shape index (κ3) is 3.52. The Morgan fingerprint density at radius 1 is 1.30 bits per heavy atom. The van der Waals surface area contributed by atoms with Gasteiger partial charge in [-0.3, -0.25) is 9.36 Å². The number of benzene rings is 1. The van der Waals surface area contributed by atoms with Crippen molar-refractivity contribution in [3.63, 3.8) is 0 Å². The summed E-state index contributed by atoms with van der Waals surface area (Å²) >= 11 is 0. The Morgan fingerprint density at radius 2 is 2.10 bits per heavy atom. The molecule has 1 amide bonds. The highest BCUT2D eigenvalue weighted by Gasteiger charge is 2.06. The van der Waals surface area contributed by atoms with E-state index in [2.05, 4.69) is 10.3 Å². The Morgan fingerprint density at radius 3 is 2.85 bits per heavy atom. The van der Waals surface area contributed by atoms with Gasteiger partial charge < -0.3 is 11.1 Å². The van der Waals surface area contributed by atoms with Crippen molar-refractivity contribution in [3.8, 4) is 0 Å². The molecule has 2 aromatic rings. The molecule has 0 atom stereocenters. The number of carbonyl (C=O) groups is 1. The van der Waals surface area contributed by atoms with Gasteiger partial charge in [-0.25, -0.2) is 9.78 Å². The van der Waals surface area contributed by atoms with Gasteiger partial charge in [-0.1, -0.05) is 18.2 Å². The smallest absolute Gasteiger partial charge is 0.326 e. The lowest BCUT2D eigenvalue weighted by Crippen LogP contribution is -2.24. The summed E-state index contributed by atoms with van der Waals surface area (Å²) < 4.78 is 1.40. The highest BCUT2D eigenvalue weighted by molar-refractivity contribution is 5.91. The number of aromatic nitrogens is 2. The molecule has 0 aliphatic rings. The largest absolute Gasteiger partial charge is 0.347 e. The quantitative estimate of drug-likeness (QED) is 0.839. The molecule has 0 spiro atoms. The number of para-hydroxylation sites is 1. The summed E-state index contributed by atoms with van der Waals surface area (Å²) in [6, 6.07) is 9.02. The van der Waals surface area contributed by atoms with E-state index < -0.39 is 0 Å². The number of nitrogens with two attached hydrogens (primary N) is 1. The van der Waals surface area contributed by atoms with Gasteiger partial charge in [0.05, 0.1) is 0 Å². The van der Waals surface area contributed by atoms with Crippen LogP contribution in [0.5, 0.6) is 0 Å². The lowest BCUT2D eigenvalue weighted by atomic mass is 10.2. The molecule has 104 valence electrons. The molecule has 3 N–H and O–H groups in total. The third-order valence-electron chi connectivity index (χ3n) is 2.87. The molecule has 0 aliphatic carbocycles. The monoisotopic (exact) mass is 272 g/mol. The normalized spacial score (nSPS) is 10.2. The van der Waals surface area contributed by atoms with Crippen LogP contribution in [0.3, 0.4) is 0 Å². The summed E-state index contributed by atoms with van der Waals surface area (Å²) in [4.78, 5) is 26.9. The van der Waals surface area contributed by atoms with Gasteiger partial charge in [0.2, 0.25) is 5.91 Å². The van der Waals surface area contributed by atoms with Crippen molar-refractivity contribution in [2.45, 2.75) is 19.5 Å². The van der Waals surface area contributed by atoms with E-state index in [-0.39, 0.29) is 18.0 Å². The molecule has 1 aromatic heterocycles. The summed E-state index contributed by atoms with van der Waals surface area (Å²) in [5, 5.41) is 2.80. The highest BCUT2D eigenvalue weighted by Crippen LogP contribution is 2.14. The first-order chi connectivity index (χ1) is 9.70. The molecule has 20 heavy (non-hydrogen) atoms. The maximum absolute atomic E-state index is 11.9. The third-order valence-corrected chi connectivity index (χ3v) is 2.87. The molecule has 6 heteroatoms. The van der Waals surface area contributed by atoms with Crippen molar-refractivity contribution in [1.82, 2.24) is 9.55 Å². The minimum Gasteiger partial charge on any atom is -0.326 e. The first-order valence-electron chi connectivity index (χ1n) is 6.30. The Balaban J connectivity index is 1.96. The second kappa shape index (κ2) is 6.63. The van der Waals surface area contributed by atoms with E-state index >= 15 is 0 Å². The Bertz CT molecular complexity index is 651. The maximum Gasteiger partial charge on any atom is 0.347 e. The fraction of sp³-hybridized carbons (Fsp3) is 0.214. The number of hydrogen-bond donors (Lipinski definition) is 2. The summed E-state index contributed by atoms with van der Waals surface area (Å²) in [6.45, 7) is 0.655. The zero-order chi connectivity index (χ0) is 14.4. The van der Waals surface area contributed by atoms with Crippen LogP contribution in [0, 0.1) is 0 Å². The number of carbonyl (C=O) groups excluding carboxylic acids is 1. The summed E-state index contributed by atoms with van der Waals surface area (Å²) in [7, 11) is 0. The lowest BCUT2D eigenvalue weighted by Gasteiger charge is -2.10. The first-order valence-corrected chi connectivity index (χ1v) is 6.30. The van der Waals surface area contributed by atoms with Crippen LogP contribution in [0.2, 0.25) is 0 Å². The van der Waals surface area contributed by atoms with Gasteiger partial charge in [0.25, 0.3) is 0 Å². The molecule has 0 unspecified atom stereocenters. The van der Waals surface area contributed by atoms with Crippen LogP contribution in [0.1, 0.15) is 12.0 Å². The molecule has 2 rings (SSSR count). The molecule has 1 heterocycles. The minimum absolute atomic E-state index is 0.165. The minimum atomic E-state index is -0.359. The van der Waals surface area contributed by atoms with Crippen LogP contribution in [0.4, 0.5) is 5.69 Å². The number of nitrogens with zero attached hydrogens (tertiary/aromatic N) is 2. The van der Waals surface area contributed by atoms with Gasteiger partial charge in [0, 0.05) is 37.6 Å². The van der Waals surface area contributed by atoms with E-state index in [1.54, 1.807) is 18.3 Å². The van der Waals surface area contributed by atoms with Crippen LogP contribution in [0.25, 0.3) is 0 Å². The zero-order valence-corrected chi connectivity index (χ0v) is 11.0. The summed E-state index contributed by atoms with van der Waals surface area (Å²) in [6.07, 6.45) is 3.23. The molecular weight excluding hydrogens is 256 g/mol. The zero-order valence-electron chi connectivity index (χ0n) is 11.0. The van der Waals surface area contributed by atoms with Gasteiger partial charge in [-0.15, -0.1) is 0 Å². The lowest BCUT2D eigenvalue weighted by molar-refractivity contribution is -0.116. The van der Waals surface area contributed by atoms with Crippen molar-refractivity contribution < 1.29 is 4.79 Å². The number of rotatable bonds is 5. The van der Waals surface area contributed by atoms with Crippen LogP contribution in [-0.2, 0) is 17.9 Å². The standard InChI is InChI=1S/C14H16N4O2/c15-10-11-4-1-2-5-12(11)17-13(19)6-9-18-8-3-7-16-14(18)20/h1-5,7-8H,6,9-10,15H2,(H,17,19). The van der Waals surface area contributed by atoms with Crippen molar-refractivity contribution in [2.24, 2.45) is 5.73 Å². The number of aryl methyl sites for hydroxylation is 1. The van der Waals surface area contributed by atoms with Gasteiger partial charge in [0.1, 0.15) is 0 Å². The Hall–Kier alpha value is -2.47. The predicted molar refractivity (Wildman–Crippen MR) is 76.1 cm³/mol. The van der Waals surface area contributed by atoms with Crippen molar-refractivity contribution in [3.05, 3.63) is 58.8 Å². The summed E-state index contributed by atoms with van der Waals surface area (Å²) in [5.41, 5.74) is 6.83. The molecule has 0 saturated heterocycles. The van der Waals surface area contributed by atoms with Crippen LogP contribution >= 0.6 is 0 Å². The van der Waals surface area contributed by atoms with Crippen LogP contribution in [-0.4, -0.2) is 15.5 Å². The molecule has 0 fully saturated rings. The van der Waals surface area contributed by atoms with Crippen molar-refractivity contribution in [2.75, 3.05) is 5.32 Å². The predicted octanol–water partition coefficient (Wildman–Crippen LogP) is 0.731. The average molecular weight is 272 g/mol. The maximum atomic E-state index is 11.9. The average Bonchev–Trinajstić information content (AvgIpc) is 2.47. The SMILES string of the molecule is NCc1ccccc1NC(=O)CCn1cccnc1=O. The van der Waals surface area contributed by atoms with E-state index in [1.807, 2.05) is 18.2 Å². The van der Waals surface area contributed by atoms with Crippen molar-refractivity contribution >= 4 is 11.6 Å². The number of amides is 1. The molecule has 0 saturated carbocycles. The van der Waals surface area contributed by atoms with Gasteiger partial charge in [-0.2, -0.15) is 0 Å². The van der Waals surface area contributed by atoms with E-state index in [4.69, 9.17) is 5.73 Å². The molecule has 0 radical (unpaired) electrons. The van der Waals surface area contributed by atoms with E-state index in [9.17, 15) is 9.59 Å². The fourth-order valence-corrected chi connectivity index (χ4v) is 1.81. The second-order valence-corrected chi connectivity index (χ2v) is 4.26.